The number of anilines is 2. The summed E-state index contributed by atoms with van der Waals surface area (Å²) in [6, 6.07) is 14.2. The molecule has 0 saturated carbocycles. The average molecular weight is 370 g/mol. The maximum Gasteiger partial charge on any atom is 0.306 e. The highest BCUT2D eigenvalue weighted by molar-refractivity contribution is 5.95. The molecule has 27 heavy (non-hydrogen) atoms. The van der Waals surface area contributed by atoms with Gasteiger partial charge in [0.15, 0.2) is 6.61 Å². The fourth-order valence-corrected chi connectivity index (χ4v) is 2.23. The Labute approximate surface area is 157 Å². The van der Waals surface area contributed by atoms with Crippen LogP contribution >= 0.6 is 0 Å². The molecule has 0 radical (unpaired) electrons. The molecular weight excluding hydrogens is 348 g/mol. The van der Waals surface area contributed by atoms with Crippen molar-refractivity contribution in [3.05, 3.63) is 54.1 Å². The first kappa shape index (κ1) is 20.0. The number of methoxy groups -OCH3 is 1. The molecule has 2 rings (SSSR count). The van der Waals surface area contributed by atoms with E-state index in [9.17, 15) is 14.4 Å². The molecule has 0 aliphatic carbocycles. The molecule has 7 nitrogen and oxygen atoms in total. The van der Waals surface area contributed by atoms with Crippen LogP contribution in [0.4, 0.5) is 11.4 Å². The number of benzene rings is 2. The van der Waals surface area contributed by atoms with Gasteiger partial charge in [0.25, 0.3) is 5.91 Å². The van der Waals surface area contributed by atoms with Crippen molar-refractivity contribution in [2.75, 3.05) is 24.4 Å². The highest BCUT2D eigenvalue weighted by atomic mass is 16.5. The Kier molecular flexibility index (Phi) is 7.37. The second kappa shape index (κ2) is 9.96. The van der Waals surface area contributed by atoms with Crippen LogP contribution in [0.1, 0.15) is 18.4 Å². The molecule has 142 valence electrons. The van der Waals surface area contributed by atoms with E-state index < -0.39 is 18.5 Å². The van der Waals surface area contributed by atoms with Gasteiger partial charge < -0.3 is 20.1 Å². The second-order valence-electron chi connectivity index (χ2n) is 5.82. The van der Waals surface area contributed by atoms with Crippen LogP contribution in [0, 0.1) is 6.92 Å². The van der Waals surface area contributed by atoms with Crippen molar-refractivity contribution >= 4 is 29.2 Å². The topological polar surface area (TPSA) is 93.7 Å². The summed E-state index contributed by atoms with van der Waals surface area (Å²) in [5, 5.41) is 5.29. The zero-order chi connectivity index (χ0) is 19.6. The van der Waals surface area contributed by atoms with E-state index in [1.807, 2.05) is 19.1 Å². The number of carbonyl (C=O) groups is 3. The van der Waals surface area contributed by atoms with Crippen molar-refractivity contribution in [3.8, 4) is 5.75 Å². The normalized spacial score (nSPS) is 10.0. The maximum absolute atomic E-state index is 11.9. The SMILES string of the molecule is COc1ccccc1NC(=O)CCC(=O)OCC(=O)Nc1ccc(C)cc1. The van der Waals surface area contributed by atoms with Gasteiger partial charge >= 0.3 is 5.97 Å². The van der Waals surface area contributed by atoms with Crippen molar-refractivity contribution in [1.82, 2.24) is 0 Å². The molecule has 0 fully saturated rings. The largest absolute Gasteiger partial charge is 0.495 e. The van der Waals surface area contributed by atoms with Gasteiger partial charge in [0, 0.05) is 12.1 Å². The Hall–Kier alpha value is -3.35. The third-order valence-corrected chi connectivity index (χ3v) is 3.64. The highest BCUT2D eigenvalue weighted by Gasteiger charge is 2.12. The predicted molar refractivity (Wildman–Crippen MR) is 102 cm³/mol. The Bertz CT molecular complexity index is 802. The standard InChI is InChI=1S/C20H22N2O5/c1-14-7-9-15(10-8-14)21-19(24)13-27-20(25)12-11-18(23)22-16-5-3-4-6-17(16)26-2/h3-10H,11-13H2,1-2H3,(H,21,24)(H,22,23). The van der Waals surface area contributed by atoms with Gasteiger partial charge in [0.1, 0.15) is 5.75 Å². The lowest BCUT2D eigenvalue weighted by Gasteiger charge is -2.10. The molecule has 2 aromatic carbocycles. The molecular formula is C20H22N2O5. The number of nitrogens with one attached hydrogen (secondary N) is 2. The van der Waals surface area contributed by atoms with Crippen molar-refractivity contribution in [3.63, 3.8) is 0 Å². The van der Waals surface area contributed by atoms with Crippen LogP contribution in [0.15, 0.2) is 48.5 Å². The van der Waals surface area contributed by atoms with Crippen LogP contribution in [0.5, 0.6) is 5.75 Å². The minimum absolute atomic E-state index is 0.0591. The van der Waals surface area contributed by atoms with Gasteiger partial charge in [-0.1, -0.05) is 29.8 Å². The van der Waals surface area contributed by atoms with E-state index >= 15 is 0 Å². The lowest BCUT2D eigenvalue weighted by Crippen LogP contribution is -2.21. The third kappa shape index (κ3) is 6.81. The van der Waals surface area contributed by atoms with Gasteiger partial charge in [-0.25, -0.2) is 0 Å². The van der Waals surface area contributed by atoms with Gasteiger partial charge in [0.2, 0.25) is 5.91 Å². The molecule has 0 atom stereocenters. The smallest absolute Gasteiger partial charge is 0.306 e. The number of aryl methyl sites for hydroxylation is 1. The molecule has 2 N–H and O–H groups in total. The number of para-hydroxylation sites is 2. The zero-order valence-electron chi connectivity index (χ0n) is 15.3. The van der Waals surface area contributed by atoms with Crippen molar-refractivity contribution < 1.29 is 23.9 Å². The molecule has 0 saturated heterocycles. The lowest BCUT2D eigenvalue weighted by atomic mass is 10.2. The van der Waals surface area contributed by atoms with E-state index in [0.29, 0.717) is 17.1 Å². The number of hydrogen-bond donors (Lipinski definition) is 2. The highest BCUT2D eigenvalue weighted by Crippen LogP contribution is 2.23. The monoisotopic (exact) mass is 370 g/mol. The average Bonchev–Trinajstić information content (AvgIpc) is 2.67. The van der Waals surface area contributed by atoms with Gasteiger partial charge in [0.05, 0.1) is 19.2 Å². The lowest BCUT2D eigenvalue weighted by molar-refractivity contribution is -0.147. The quantitative estimate of drug-likeness (QED) is 0.697. The molecule has 7 heteroatoms. The Balaban J connectivity index is 1.70. The molecule has 0 spiro atoms. The van der Waals surface area contributed by atoms with E-state index in [4.69, 9.17) is 9.47 Å². The van der Waals surface area contributed by atoms with E-state index in [0.717, 1.165) is 5.56 Å². The molecule has 0 heterocycles. The van der Waals surface area contributed by atoms with E-state index in [1.165, 1.54) is 7.11 Å². The molecule has 0 unspecified atom stereocenters. The maximum atomic E-state index is 11.9. The van der Waals surface area contributed by atoms with Crippen LogP contribution in [0.3, 0.4) is 0 Å². The first-order chi connectivity index (χ1) is 13.0. The van der Waals surface area contributed by atoms with Crippen LogP contribution < -0.4 is 15.4 Å². The molecule has 0 bridgehead atoms. The summed E-state index contributed by atoms with van der Waals surface area (Å²) in [5.41, 5.74) is 2.22. The Morgan fingerprint density at radius 3 is 2.30 bits per heavy atom. The van der Waals surface area contributed by atoms with Gasteiger partial charge in [-0.3, -0.25) is 14.4 Å². The van der Waals surface area contributed by atoms with Crippen LogP contribution in [-0.2, 0) is 19.1 Å². The van der Waals surface area contributed by atoms with E-state index in [1.54, 1.807) is 36.4 Å². The summed E-state index contributed by atoms with van der Waals surface area (Å²) in [6.45, 7) is 1.54. The third-order valence-electron chi connectivity index (χ3n) is 3.64. The van der Waals surface area contributed by atoms with Crippen LogP contribution in [0.25, 0.3) is 0 Å². The van der Waals surface area contributed by atoms with Gasteiger partial charge in [-0.2, -0.15) is 0 Å². The fraction of sp³-hybridized carbons (Fsp3) is 0.250. The molecule has 0 aliphatic rings. The molecule has 2 aromatic rings. The minimum Gasteiger partial charge on any atom is -0.495 e. The summed E-state index contributed by atoms with van der Waals surface area (Å²) < 4.78 is 10.0. The Morgan fingerprint density at radius 1 is 0.889 bits per heavy atom. The first-order valence-corrected chi connectivity index (χ1v) is 8.43. The number of rotatable bonds is 8. The summed E-state index contributed by atoms with van der Waals surface area (Å²) in [5.74, 6) is -0.878. The van der Waals surface area contributed by atoms with Crippen molar-refractivity contribution in [2.24, 2.45) is 0 Å². The summed E-state index contributed by atoms with van der Waals surface area (Å²) in [7, 11) is 1.50. The number of hydrogen-bond acceptors (Lipinski definition) is 5. The zero-order valence-corrected chi connectivity index (χ0v) is 15.3. The number of carbonyl (C=O) groups excluding carboxylic acids is 3. The second-order valence-corrected chi connectivity index (χ2v) is 5.82. The first-order valence-electron chi connectivity index (χ1n) is 8.43. The molecule has 2 amide bonds. The predicted octanol–water partition coefficient (Wildman–Crippen LogP) is 2.90. The van der Waals surface area contributed by atoms with Crippen molar-refractivity contribution in [1.29, 1.82) is 0 Å². The minimum atomic E-state index is -0.621. The fourth-order valence-electron chi connectivity index (χ4n) is 2.23. The van der Waals surface area contributed by atoms with Crippen LogP contribution in [0.2, 0.25) is 0 Å². The molecule has 0 aromatic heterocycles. The van der Waals surface area contributed by atoms with E-state index in [2.05, 4.69) is 10.6 Å². The summed E-state index contributed by atoms with van der Waals surface area (Å²) in [6.07, 6.45) is -0.185. The number of ether oxygens (including phenoxy) is 2. The molecule has 0 aliphatic heterocycles. The van der Waals surface area contributed by atoms with Crippen molar-refractivity contribution in [2.45, 2.75) is 19.8 Å². The van der Waals surface area contributed by atoms with Gasteiger partial charge in [-0.05, 0) is 31.2 Å². The summed E-state index contributed by atoms with van der Waals surface area (Å²) in [4.78, 5) is 35.4. The Morgan fingerprint density at radius 2 is 1.59 bits per heavy atom. The number of esters is 1. The van der Waals surface area contributed by atoms with E-state index in [-0.39, 0.29) is 18.7 Å². The van der Waals surface area contributed by atoms with Gasteiger partial charge in [-0.15, -0.1) is 0 Å². The summed E-state index contributed by atoms with van der Waals surface area (Å²) >= 11 is 0. The number of amides is 2. The van der Waals surface area contributed by atoms with Crippen LogP contribution in [-0.4, -0.2) is 31.5 Å².